The number of hydrogen-bond donors (Lipinski definition) is 0. The second-order valence-corrected chi connectivity index (χ2v) is 4.47. The SMILES string of the molecule is CCN(CC)C(=O)[C@H]1C[C@H]1I. The van der Waals surface area contributed by atoms with E-state index in [1.807, 2.05) is 18.7 Å². The molecule has 1 rings (SSSR count). The lowest BCUT2D eigenvalue weighted by Crippen LogP contribution is -2.32. The smallest absolute Gasteiger partial charge is 0.226 e. The lowest BCUT2D eigenvalue weighted by molar-refractivity contribution is -0.132. The molecule has 0 radical (unpaired) electrons. The molecule has 1 saturated carbocycles. The molecule has 1 amide bonds. The van der Waals surface area contributed by atoms with E-state index in [1.165, 1.54) is 0 Å². The van der Waals surface area contributed by atoms with Gasteiger partial charge in [0.05, 0.1) is 5.92 Å². The van der Waals surface area contributed by atoms with Crippen molar-refractivity contribution in [3.8, 4) is 0 Å². The predicted octanol–water partition coefficient (Wildman–Crippen LogP) is 1.68. The van der Waals surface area contributed by atoms with Crippen LogP contribution < -0.4 is 0 Å². The first-order chi connectivity index (χ1) is 5.20. The van der Waals surface area contributed by atoms with E-state index in [0.29, 0.717) is 15.7 Å². The quantitative estimate of drug-likeness (QED) is 0.562. The van der Waals surface area contributed by atoms with E-state index < -0.39 is 0 Å². The molecule has 0 aromatic carbocycles. The molecule has 64 valence electrons. The molecule has 11 heavy (non-hydrogen) atoms. The van der Waals surface area contributed by atoms with Gasteiger partial charge in [0.25, 0.3) is 0 Å². The summed E-state index contributed by atoms with van der Waals surface area (Å²) < 4.78 is 0.612. The van der Waals surface area contributed by atoms with Gasteiger partial charge in [-0.2, -0.15) is 0 Å². The van der Waals surface area contributed by atoms with Crippen molar-refractivity contribution >= 4 is 28.5 Å². The molecule has 0 aromatic rings. The van der Waals surface area contributed by atoms with Gasteiger partial charge in [-0.25, -0.2) is 0 Å². The topological polar surface area (TPSA) is 20.3 Å². The maximum absolute atomic E-state index is 11.5. The minimum atomic E-state index is 0.343. The van der Waals surface area contributed by atoms with Crippen LogP contribution in [0.1, 0.15) is 20.3 Å². The summed E-state index contributed by atoms with van der Waals surface area (Å²) in [7, 11) is 0. The molecule has 1 fully saturated rings. The lowest BCUT2D eigenvalue weighted by atomic mass is 10.3. The van der Waals surface area contributed by atoms with E-state index in [2.05, 4.69) is 22.6 Å². The van der Waals surface area contributed by atoms with Gasteiger partial charge in [-0.3, -0.25) is 4.79 Å². The van der Waals surface area contributed by atoms with Gasteiger partial charge < -0.3 is 4.90 Å². The summed E-state index contributed by atoms with van der Waals surface area (Å²) in [5, 5.41) is 0. The van der Waals surface area contributed by atoms with Gasteiger partial charge in [-0.15, -0.1) is 0 Å². The van der Waals surface area contributed by atoms with E-state index in [9.17, 15) is 4.79 Å². The molecule has 0 spiro atoms. The number of amides is 1. The maximum Gasteiger partial charge on any atom is 0.226 e. The van der Waals surface area contributed by atoms with Gasteiger partial charge in [-0.1, -0.05) is 22.6 Å². The molecular weight excluding hydrogens is 253 g/mol. The number of carbonyl (C=O) groups excluding carboxylic acids is 1. The molecule has 0 saturated heterocycles. The fourth-order valence-electron chi connectivity index (χ4n) is 1.19. The molecule has 1 aliphatic rings. The minimum Gasteiger partial charge on any atom is -0.343 e. The molecule has 0 aliphatic heterocycles. The number of alkyl halides is 1. The van der Waals surface area contributed by atoms with Crippen molar-refractivity contribution in [3.63, 3.8) is 0 Å². The van der Waals surface area contributed by atoms with Crippen LogP contribution in [-0.4, -0.2) is 27.8 Å². The molecule has 1 aliphatic carbocycles. The van der Waals surface area contributed by atoms with Gasteiger partial charge in [0.15, 0.2) is 0 Å². The maximum atomic E-state index is 11.5. The fraction of sp³-hybridized carbons (Fsp3) is 0.875. The van der Waals surface area contributed by atoms with E-state index >= 15 is 0 Å². The summed E-state index contributed by atoms with van der Waals surface area (Å²) in [4.78, 5) is 13.4. The van der Waals surface area contributed by atoms with Gasteiger partial charge in [0.1, 0.15) is 0 Å². The number of hydrogen-bond acceptors (Lipinski definition) is 1. The van der Waals surface area contributed by atoms with E-state index in [-0.39, 0.29) is 0 Å². The Labute approximate surface area is 81.5 Å². The van der Waals surface area contributed by atoms with E-state index in [1.54, 1.807) is 0 Å². The van der Waals surface area contributed by atoms with Gasteiger partial charge >= 0.3 is 0 Å². The number of halogens is 1. The van der Waals surface area contributed by atoms with Crippen LogP contribution in [0.5, 0.6) is 0 Å². The number of rotatable bonds is 3. The fourth-order valence-corrected chi connectivity index (χ4v) is 2.04. The molecule has 0 heterocycles. The van der Waals surface area contributed by atoms with Crippen LogP contribution >= 0.6 is 22.6 Å². The van der Waals surface area contributed by atoms with Crippen LogP contribution in [0, 0.1) is 5.92 Å². The van der Waals surface area contributed by atoms with E-state index in [4.69, 9.17) is 0 Å². The number of carbonyl (C=O) groups is 1. The Kier molecular flexibility index (Phi) is 3.16. The first-order valence-electron chi connectivity index (χ1n) is 4.13. The lowest BCUT2D eigenvalue weighted by Gasteiger charge is -2.17. The zero-order chi connectivity index (χ0) is 8.43. The molecule has 0 aromatic heterocycles. The molecular formula is C8H14INO. The summed E-state index contributed by atoms with van der Waals surface area (Å²) in [5.41, 5.74) is 0. The summed E-state index contributed by atoms with van der Waals surface area (Å²) in [5.74, 6) is 0.699. The zero-order valence-electron chi connectivity index (χ0n) is 7.01. The van der Waals surface area contributed by atoms with Crippen molar-refractivity contribution in [2.45, 2.75) is 24.2 Å². The van der Waals surface area contributed by atoms with Crippen LogP contribution in [0.4, 0.5) is 0 Å². The highest BCUT2D eigenvalue weighted by atomic mass is 127. The summed E-state index contributed by atoms with van der Waals surface area (Å²) in [6.45, 7) is 5.78. The first kappa shape index (κ1) is 9.29. The highest BCUT2D eigenvalue weighted by molar-refractivity contribution is 14.1. The van der Waals surface area contributed by atoms with E-state index in [0.717, 1.165) is 19.5 Å². The minimum absolute atomic E-state index is 0.343. The Morgan fingerprint density at radius 2 is 2.00 bits per heavy atom. The second-order valence-electron chi connectivity index (χ2n) is 2.87. The Morgan fingerprint density at radius 3 is 2.27 bits per heavy atom. The van der Waals surface area contributed by atoms with Crippen LogP contribution in [0.3, 0.4) is 0 Å². The van der Waals surface area contributed by atoms with Gasteiger partial charge in [0.2, 0.25) is 5.91 Å². The average molecular weight is 267 g/mol. The molecule has 2 atom stereocenters. The third-order valence-electron chi connectivity index (χ3n) is 2.10. The third kappa shape index (κ3) is 2.07. The van der Waals surface area contributed by atoms with Crippen LogP contribution in [0.25, 0.3) is 0 Å². The van der Waals surface area contributed by atoms with Crippen LogP contribution in [0.2, 0.25) is 0 Å². The van der Waals surface area contributed by atoms with Gasteiger partial charge in [0, 0.05) is 17.0 Å². The standard InChI is InChI=1S/C8H14INO/c1-3-10(4-2)8(11)6-5-7(6)9/h6-7H,3-5H2,1-2H3/t6-,7+/m0/s1. The Morgan fingerprint density at radius 1 is 1.55 bits per heavy atom. The monoisotopic (exact) mass is 267 g/mol. The van der Waals surface area contributed by atoms with Crippen LogP contribution in [-0.2, 0) is 4.79 Å². The highest BCUT2D eigenvalue weighted by Gasteiger charge is 2.42. The Balaban J connectivity index is 2.39. The highest BCUT2D eigenvalue weighted by Crippen LogP contribution is 2.39. The Bertz CT molecular complexity index is 156. The average Bonchev–Trinajstić information content (AvgIpc) is 2.69. The molecule has 0 unspecified atom stereocenters. The predicted molar refractivity (Wildman–Crippen MR) is 53.8 cm³/mol. The van der Waals surface area contributed by atoms with Crippen molar-refractivity contribution in [3.05, 3.63) is 0 Å². The van der Waals surface area contributed by atoms with Crippen LogP contribution in [0.15, 0.2) is 0 Å². The van der Waals surface area contributed by atoms with Crippen molar-refractivity contribution in [2.75, 3.05) is 13.1 Å². The van der Waals surface area contributed by atoms with Crippen molar-refractivity contribution in [1.29, 1.82) is 0 Å². The molecule has 0 bridgehead atoms. The van der Waals surface area contributed by atoms with Gasteiger partial charge in [-0.05, 0) is 20.3 Å². The van der Waals surface area contributed by atoms with Crippen molar-refractivity contribution in [2.24, 2.45) is 5.92 Å². The molecule has 0 N–H and O–H groups in total. The second kappa shape index (κ2) is 3.74. The molecule has 3 heteroatoms. The summed E-state index contributed by atoms with van der Waals surface area (Å²) >= 11 is 2.35. The van der Waals surface area contributed by atoms with Crippen molar-refractivity contribution < 1.29 is 4.79 Å². The Hall–Kier alpha value is 0.200. The third-order valence-corrected chi connectivity index (χ3v) is 3.48. The first-order valence-corrected chi connectivity index (χ1v) is 5.38. The summed E-state index contributed by atoms with van der Waals surface area (Å²) in [6.07, 6.45) is 1.09. The number of nitrogens with zero attached hydrogens (tertiary/aromatic N) is 1. The molecule has 2 nitrogen and oxygen atoms in total. The summed E-state index contributed by atoms with van der Waals surface area (Å²) in [6, 6.07) is 0. The zero-order valence-corrected chi connectivity index (χ0v) is 9.17. The normalized spacial score (nSPS) is 28.3. The largest absolute Gasteiger partial charge is 0.343 e. The van der Waals surface area contributed by atoms with Crippen molar-refractivity contribution in [1.82, 2.24) is 4.90 Å².